The fourth-order valence-electron chi connectivity index (χ4n) is 13.9. The van der Waals surface area contributed by atoms with Crippen LogP contribution in [0.2, 0.25) is 0 Å². The predicted octanol–water partition coefficient (Wildman–Crippen LogP) is 19.1. The Bertz CT molecular complexity index is 4070. The number of rotatable bonds is 6. The Kier molecular flexibility index (Phi) is 9.04. The van der Waals surface area contributed by atoms with Gasteiger partial charge in [-0.25, -0.2) is 0 Å². The molecule has 0 aromatic heterocycles. The van der Waals surface area contributed by atoms with Crippen LogP contribution in [0.3, 0.4) is 0 Å². The van der Waals surface area contributed by atoms with E-state index in [1.54, 1.807) is 0 Å². The molecule has 11 aromatic carbocycles. The van der Waals surface area contributed by atoms with Gasteiger partial charge in [0.15, 0.2) is 0 Å². The topological polar surface area (TPSA) is 3.24 Å². The summed E-state index contributed by atoms with van der Waals surface area (Å²) in [6.07, 6.45) is 0. The number of hydrogen-bond acceptors (Lipinski definition) is 1. The molecule has 0 N–H and O–H groups in total. The molecule has 4 aliphatic carbocycles. The third-order valence-corrected chi connectivity index (χ3v) is 17.5. The van der Waals surface area contributed by atoms with Crippen LogP contribution in [-0.2, 0) is 16.2 Å². The van der Waals surface area contributed by atoms with E-state index in [1.807, 2.05) is 0 Å². The number of fused-ring (bicyclic) bond motifs is 16. The fraction of sp³-hybridized carbons (Fsp3) is 0.0959. The number of anilines is 3. The van der Waals surface area contributed by atoms with Gasteiger partial charge in [-0.05, 0) is 177 Å². The zero-order chi connectivity index (χ0) is 49.5. The van der Waals surface area contributed by atoms with E-state index in [9.17, 15) is 0 Å². The molecule has 0 amide bonds. The molecule has 74 heavy (non-hydrogen) atoms. The Morgan fingerprint density at radius 3 is 1.12 bits per heavy atom. The van der Waals surface area contributed by atoms with Gasteiger partial charge in [0, 0.05) is 27.9 Å². The molecule has 0 saturated carbocycles. The van der Waals surface area contributed by atoms with Gasteiger partial charge < -0.3 is 4.90 Å². The maximum atomic E-state index is 2.53. The first-order valence-electron chi connectivity index (χ1n) is 26.2. The highest BCUT2D eigenvalue weighted by Gasteiger charge is 2.52. The molecule has 0 radical (unpaired) electrons. The van der Waals surface area contributed by atoms with Gasteiger partial charge in [0.2, 0.25) is 0 Å². The molecular weight excluding hydrogens is 891 g/mol. The van der Waals surface area contributed by atoms with Gasteiger partial charge in [0.1, 0.15) is 0 Å². The van der Waals surface area contributed by atoms with Gasteiger partial charge in [-0.1, -0.05) is 222 Å². The Hall–Kier alpha value is -8.78. The van der Waals surface area contributed by atoms with Crippen LogP contribution in [0.25, 0.3) is 77.9 Å². The Labute approximate surface area is 434 Å². The van der Waals surface area contributed by atoms with Crippen molar-refractivity contribution in [1.82, 2.24) is 0 Å². The standard InChI is InChI=1S/C73H53N/c1-71(2)63-24-14-11-21-55(63)59-38-34-53(44-68(59)71)74(52-32-27-48(28-33-52)46-17-7-5-8-18-46)54-35-39-60-58-36-29-50(42-67(58)72(3,4)69(60)45-54)51-30-37-61-62-41-49(47-19-9-6-10-20-47)31-40-66(62)73(70(61)43-51)64-25-15-12-22-56(64)57-23-13-16-26-65(57)73/h5-45H,1-4H3. The fourth-order valence-corrected chi connectivity index (χ4v) is 13.9. The second-order valence-corrected chi connectivity index (χ2v) is 22.0. The smallest absolute Gasteiger partial charge is 0.0725 e. The van der Waals surface area contributed by atoms with E-state index in [-0.39, 0.29) is 10.8 Å². The summed E-state index contributed by atoms with van der Waals surface area (Å²) in [6, 6.07) is 93.9. The van der Waals surface area contributed by atoms with Crippen LogP contribution in [0.1, 0.15) is 72.2 Å². The van der Waals surface area contributed by atoms with Gasteiger partial charge in [0.25, 0.3) is 0 Å². The van der Waals surface area contributed by atoms with Gasteiger partial charge in [0.05, 0.1) is 5.41 Å². The van der Waals surface area contributed by atoms with Crippen LogP contribution in [0.5, 0.6) is 0 Å². The highest BCUT2D eigenvalue weighted by molar-refractivity contribution is 5.98. The van der Waals surface area contributed by atoms with Crippen molar-refractivity contribution in [2.75, 3.05) is 4.90 Å². The monoisotopic (exact) mass is 943 g/mol. The van der Waals surface area contributed by atoms with Crippen molar-refractivity contribution in [3.8, 4) is 77.9 Å². The van der Waals surface area contributed by atoms with E-state index in [1.165, 1.54) is 122 Å². The first kappa shape index (κ1) is 42.9. The van der Waals surface area contributed by atoms with Crippen LogP contribution in [0.15, 0.2) is 249 Å². The molecular formula is C73H53N. The summed E-state index contributed by atoms with van der Waals surface area (Å²) in [6.45, 7) is 9.59. The van der Waals surface area contributed by atoms with Gasteiger partial charge in [-0.15, -0.1) is 0 Å². The highest BCUT2D eigenvalue weighted by atomic mass is 15.1. The Balaban J connectivity index is 0.848. The number of hydrogen-bond donors (Lipinski definition) is 0. The molecule has 0 fully saturated rings. The van der Waals surface area contributed by atoms with Crippen LogP contribution in [-0.4, -0.2) is 0 Å². The zero-order valence-corrected chi connectivity index (χ0v) is 42.1. The summed E-state index contributed by atoms with van der Waals surface area (Å²) < 4.78 is 0. The average Bonchev–Trinajstić information content (AvgIpc) is 4.22. The molecule has 1 heteroatoms. The average molecular weight is 944 g/mol. The first-order chi connectivity index (χ1) is 36.2. The Morgan fingerprint density at radius 1 is 0.216 bits per heavy atom. The van der Waals surface area contributed by atoms with Gasteiger partial charge in [-0.2, -0.15) is 0 Å². The molecule has 15 rings (SSSR count). The minimum atomic E-state index is -0.433. The summed E-state index contributed by atoms with van der Waals surface area (Å²) in [5.41, 5.74) is 31.5. The highest BCUT2D eigenvalue weighted by Crippen LogP contribution is 2.64. The molecule has 1 spiro atoms. The lowest BCUT2D eigenvalue weighted by atomic mass is 9.70. The van der Waals surface area contributed by atoms with Crippen molar-refractivity contribution < 1.29 is 0 Å². The minimum absolute atomic E-state index is 0.120. The van der Waals surface area contributed by atoms with Crippen molar-refractivity contribution in [3.63, 3.8) is 0 Å². The SMILES string of the molecule is CC1(C)c2ccccc2-c2ccc(N(c3ccc(-c4ccccc4)cc3)c3ccc4c(c3)C(C)(C)c3cc(-c5ccc6c(c5)C5(c7ccccc7-c7ccccc75)c5ccc(-c7ccccc7)cc5-6)ccc3-4)cc21. The molecule has 0 bridgehead atoms. The van der Waals surface area contributed by atoms with E-state index in [0.717, 1.165) is 17.1 Å². The molecule has 11 aromatic rings. The molecule has 0 heterocycles. The van der Waals surface area contributed by atoms with Crippen molar-refractivity contribution in [2.45, 2.75) is 43.9 Å². The van der Waals surface area contributed by atoms with Crippen molar-refractivity contribution in [1.29, 1.82) is 0 Å². The maximum absolute atomic E-state index is 2.53. The summed E-state index contributed by atoms with van der Waals surface area (Å²) >= 11 is 0. The molecule has 0 saturated heterocycles. The Morgan fingerprint density at radius 2 is 0.554 bits per heavy atom. The zero-order valence-electron chi connectivity index (χ0n) is 42.1. The molecule has 4 aliphatic rings. The third kappa shape index (κ3) is 5.93. The molecule has 0 atom stereocenters. The molecule has 0 unspecified atom stereocenters. The third-order valence-electron chi connectivity index (χ3n) is 17.5. The van der Waals surface area contributed by atoms with E-state index in [4.69, 9.17) is 0 Å². The van der Waals surface area contributed by atoms with E-state index in [0.29, 0.717) is 0 Å². The number of benzene rings is 11. The molecule has 1 nitrogen and oxygen atoms in total. The first-order valence-corrected chi connectivity index (χ1v) is 26.2. The maximum Gasteiger partial charge on any atom is 0.0725 e. The van der Waals surface area contributed by atoms with Crippen LogP contribution >= 0.6 is 0 Å². The largest absolute Gasteiger partial charge is 0.310 e. The van der Waals surface area contributed by atoms with Crippen LogP contribution in [0, 0.1) is 0 Å². The molecule has 350 valence electrons. The second-order valence-electron chi connectivity index (χ2n) is 22.0. The normalized spacial score (nSPS) is 14.8. The minimum Gasteiger partial charge on any atom is -0.310 e. The van der Waals surface area contributed by atoms with E-state index >= 15 is 0 Å². The van der Waals surface area contributed by atoms with Crippen molar-refractivity contribution in [3.05, 3.63) is 293 Å². The number of nitrogens with zero attached hydrogens (tertiary/aromatic N) is 1. The summed E-state index contributed by atoms with van der Waals surface area (Å²) in [7, 11) is 0. The lowest BCUT2D eigenvalue weighted by Crippen LogP contribution is -2.25. The summed E-state index contributed by atoms with van der Waals surface area (Å²) in [5, 5.41) is 0. The second kappa shape index (κ2) is 15.6. The lowest BCUT2D eigenvalue weighted by Gasteiger charge is -2.31. The summed E-state index contributed by atoms with van der Waals surface area (Å²) in [4.78, 5) is 2.47. The molecule has 0 aliphatic heterocycles. The van der Waals surface area contributed by atoms with Crippen molar-refractivity contribution in [2.24, 2.45) is 0 Å². The summed E-state index contributed by atoms with van der Waals surface area (Å²) in [5.74, 6) is 0. The van der Waals surface area contributed by atoms with Crippen molar-refractivity contribution >= 4 is 17.1 Å². The van der Waals surface area contributed by atoms with Crippen LogP contribution < -0.4 is 4.90 Å². The van der Waals surface area contributed by atoms with Gasteiger partial charge >= 0.3 is 0 Å². The predicted molar refractivity (Wildman–Crippen MR) is 309 cm³/mol. The van der Waals surface area contributed by atoms with E-state index in [2.05, 4.69) is 281 Å². The van der Waals surface area contributed by atoms with Crippen LogP contribution in [0.4, 0.5) is 17.1 Å². The van der Waals surface area contributed by atoms with Gasteiger partial charge in [-0.3, -0.25) is 0 Å². The quantitative estimate of drug-likeness (QED) is 0.161. The lowest BCUT2D eigenvalue weighted by molar-refractivity contribution is 0.660. The van der Waals surface area contributed by atoms with E-state index < -0.39 is 5.41 Å².